The summed E-state index contributed by atoms with van der Waals surface area (Å²) < 4.78 is 22.9. The van der Waals surface area contributed by atoms with Gasteiger partial charge in [0.05, 0.1) is 40.0 Å². The van der Waals surface area contributed by atoms with Gasteiger partial charge in [-0.1, -0.05) is 12.1 Å². The van der Waals surface area contributed by atoms with Crippen LogP contribution in [0.2, 0.25) is 0 Å². The van der Waals surface area contributed by atoms with Gasteiger partial charge in [-0.3, -0.25) is 14.7 Å². The number of ether oxygens (including phenoxy) is 4. The van der Waals surface area contributed by atoms with E-state index in [0.717, 1.165) is 34.4 Å². The minimum atomic E-state index is -0.241. The van der Waals surface area contributed by atoms with Crippen LogP contribution in [-0.2, 0) is 22.5 Å². The maximum atomic E-state index is 13.9. The van der Waals surface area contributed by atoms with Gasteiger partial charge in [-0.05, 0) is 65.1 Å². The Morgan fingerprint density at radius 1 is 0.946 bits per heavy atom. The van der Waals surface area contributed by atoms with E-state index >= 15 is 0 Å². The SMILES string of the molecule is COc1cc2c(cc1OC)C1c3ccc(cc3)OCCOCCN(Cc3ccncc3)CC(=O)N1CC2. The normalized spacial score (nSPS) is 18.7. The summed E-state index contributed by atoms with van der Waals surface area (Å²) in [6.45, 7) is 3.66. The molecule has 1 atom stereocenters. The number of amides is 1. The number of methoxy groups -OCH3 is 2. The fourth-order valence-corrected chi connectivity index (χ4v) is 5.08. The quantitative estimate of drug-likeness (QED) is 0.505. The van der Waals surface area contributed by atoms with Crippen molar-refractivity contribution in [2.45, 2.75) is 19.0 Å². The Morgan fingerprint density at radius 2 is 1.70 bits per heavy atom. The molecule has 3 aromatic rings. The van der Waals surface area contributed by atoms with Crippen LogP contribution < -0.4 is 14.2 Å². The van der Waals surface area contributed by atoms with Crippen molar-refractivity contribution in [2.24, 2.45) is 0 Å². The first-order valence-electron chi connectivity index (χ1n) is 12.6. The Balaban J connectivity index is 1.51. The maximum Gasteiger partial charge on any atom is 0.237 e. The van der Waals surface area contributed by atoms with E-state index in [4.69, 9.17) is 18.9 Å². The lowest BCUT2D eigenvalue weighted by atomic mass is 9.87. The zero-order valence-electron chi connectivity index (χ0n) is 21.4. The van der Waals surface area contributed by atoms with E-state index in [9.17, 15) is 4.79 Å². The van der Waals surface area contributed by atoms with E-state index in [1.54, 1.807) is 26.6 Å². The minimum absolute atomic E-state index is 0.0784. The van der Waals surface area contributed by atoms with Gasteiger partial charge in [0.1, 0.15) is 12.4 Å². The molecule has 37 heavy (non-hydrogen) atoms. The molecule has 8 nitrogen and oxygen atoms in total. The van der Waals surface area contributed by atoms with Gasteiger partial charge < -0.3 is 23.8 Å². The molecule has 0 saturated carbocycles. The molecule has 194 valence electrons. The first-order valence-corrected chi connectivity index (χ1v) is 12.6. The lowest BCUT2D eigenvalue weighted by Gasteiger charge is -2.39. The highest BCUT2D eigenvalue weighted by Crippen LogP contribution is 2.41. The van der Waals surface area contributed by atoms with Gasteiger partial charge in [0.25, 0.3) is 0 Å². The Morgan fingerprint density at radius 3 is 2.46 bits per heavy atom. The molecule has 0 saturated heterocycles. The summed E-state index contributed by atoms with van der Waals surface area (Å²) in [6.07, 6.45) is 4.30. The number of aromatic nitrogens is 1. The van der Waals surface area contributed by atoms with Crippen LogP contribution in [0.15, 0.2) is 60.9 Å². The summed E-state index contributed by atoms with van der Waals surface area (Å²) >= 11 is 0. The summed E-state index contributed by atoms with van der Waals surface area (Å²) in [5.74, 6) is 2.21. The van der Waals surface area contributed by atoms with Crippen LogP contribution in [0.25, 0.3) is 0 Å². The summed E-state index contributed by atoms with van der Waals surface area (Å²) in [5, 5.41) is 0. The molecule has 8 heteroatoms. The highest BCUT2D eigenvalue weighted by atomic mass is 16.5. The second-order valence-electron chi connectivity index (χ2n) is 9.24. The molecule has 4 heterocycles. The number of carbonyl (C=O) groups excluding carboxylic acids is 1. The number of rotatable bonds is 4. The van der Waals surface area contributed by atoms with E-state index in [1.165, 1.54) is 0 Å². The molecule has 6 rings (SSSR count). The first-order chi connectivity index (χ1) is 18.2. The standard InChI is InChI=1S/C29H33N3O5/c1-34-26-17-23-9-12-32-28(33)20-31(19-21-7-10-30-11-8-21)13-14-36-15-16-37-24-5-3-22(4-6-24)29(32)25(23)18-27(26)35-2/h3-8,10-11,17-18,29H,9,12-16,19-20H2,1-2H3. The van der Waals surface area contributed by atoms with Crippen LogP contribution in [0.5, 0.6) is 17.2 Å². The maximum absolute atomic E-state index is 13.9. The second kappa shape index (κ2) is 11.6. The summed E-state index contributed by atoms with van der Waals surface area (Å²) in [4.78, 5) is 22.2. The van der Waals surface area contributed by atoms with Crippen LogP contribution in [0.3, 0.4) is 0 Å². The average Bonchev–Trinajstić information content (AvgIpc) is 2.94. The second-order valence-corrected chi connectivity index (χ2v) is 9.24. The minimum Gasteiger partial charge on any atom is -0.493 e. The van der Waals surface area contributed by atoms with Crippen molar-refractivity contribution in [3.63, 3.8) is 0 Å². The third kappa shape index (κ3) is 5.70. The van der Waals surface area contributed by atoms with Crippen LogP contribution in [0.1, 0.15) is 28.3 Å². The molecule has 0 radical (unpaired) electrons. The lowest BCUT2D eigenvalue weighted by Crippen LogP contribution is -2.46. The molecule has 1 amide bonds. The Hall–Kier alpha value is -3.62. The van der Waals surface area contributed by atoms with Crippen LogP contribution >= 0.6 is 0 Å². The van der Waals surface area contributed by atoms with E-state index in [2.05, 4.69) is 9.88 Å². The number of hydrogen-bond donors (Lipinski definition) is 0. The number of benzene rings is 2. The van der Waals surface area contributed by atoms with Crippen molar-refractivity contribution >= 4 is 5.91 Å². The number of fused-ring (bicyclic) bond motifs is 11. The topological polar surface area (TPSA) is 73.4 Å². The monoisotopic (exact) mass is 503 g/mol. The van der Waals surface area contributed by atoms with Crippen molar-refractivity contribution in [3.8, 4) is 17.2 Å². The van der Waals surface area contributed by atoms with Crippen molar-refractivity contribution < 1.29 is 23.7 Å². The summed E-state index contributed by atoms with van der Waals surface area (Å²) in [6, 6.07) is 15.8. The number of hydrogen-bond acceptors (Lipinski definition) is 7. The van der Waals surface area contributed by atoms with E-state index in [0.29, 0.717) is 57.5 Å². The summed E-state index contributed by atoms with van der Waals surface area (Å²) in [7, 11) is 3.28. The van der Waals surface area contributed by atoms with E-state index in [1.807, 2.05) is 53.4 Å². The van der Waals surface area contributed by atoms with E-state index in [-0.39, 0.29) is 11.9 Å². The van der Waals surface area contributed by atoms with Gasteiger partial charge in [-0.2, -0.15) is 0 Å². The van der Waals surface area contributed by atoms with Gasteiger partial charge in [0.2, 0.25) is 5.91 Å². The predicted octanol–water partition coefficient (Wildman–Crippen LogP) is 3.48. The van der Waals surface area contributed by atoms with Gasteiger partial charge >= 0.3 is 0 Å². The van der Waals surface area contributed by atoms with Crippen LogP contribution in [-0.4, -0.2) is 74.4 Å². The van der Waals surface area contributed by atoms with Gasteiger partial charge in [0.15, 0.2) is 11.5 Å². The number of nitrogens with zero attached hydrogens (tertiary/aromatic N) is 3. The Kier molecular flexibility index (Phi) is 7.87. The smallest absolute Gasteiger partial charge is 0.237 e. The molecule has 2 bridgehead atoms. The van der Waals surface area contributed by atoms with Crippen molar-refractivity contribution in [1.82, 2.24) is 14.8 Å². The molecule has 3 aliphatic heterocycles. The molecule has 0 N–H and O–H groups in total. The third-order valence-corrected chi connectivity index (χ3v) is 6.95. The molecule has 1 aromatic heterocycles. The predicted molar refractivity (Wildman–Crippen MR) is 139 cm³/mol. The largest absolute Gasteiger partial charge is 0.493 e. The molecular weight excluding hydrogens is 470 g/mol. The lowest BCUT2D eigenvalue weighted by molar-refractivity contribution is -0.134. The van der Waals surface area contributed by atoms with Crippen LogP contribution in [0.4, 0.5) is 0 Å². The van der Waals surface area contributed by atoms with Crippen molar-refractivity contribution in [1.29, 1.82) is 0 Å². The first kappa shape index (κ1) is 25.0. The molecule has 0 spiro atoms. The highest BCUT2D eigenvalue weighted by Gasteiger charge is 2.34. The molecule has 1 unspecified atom stereocenters. The Labute approximate surface area is 217 Å². The fraction of sp³-hybridized carbons (Fsp3) is 0.379. The molecule has 2 aromatic carbocycles. The molecule has 0 aliphatic carbocycles. The van der Waals surface area contributed by atoms with Gasteiger partial charge in [0, 0.05) is 32.0 Å². The zero-order chi connectivity index (χ0) is 25.6. The molecule has 3 aliphatic rings. The highest BCUT2D eigenvalue weighted by molar-refractivity contribution is 5.80. The average molecular weight is 504 g/mol. The van der Waals surface area contributed by atoms with Crippen molar-refractivity contribution in [3.05, 3.63) is 83.2 Å². The third-order valence-electron chi connectivity index (χ3n) is 6.95. The molecular formula is C29H33N3O5. The van der Waals surface area contributed by atoms with Crippen molar-refractivity contribution in [2.75, 3.05) is 53.7 Å². The number of carbonyl (C=O) groups is 1. The van der Waals surface area contributed by atoms with Gasteiger partial charge in [-0.25, -0.2) is 0 Å². The fourth-order valence-electron chi connectivity index (χ4n) is 5.08. The zero-order valence-corrected chi connectivity index (χ0v) is 21.4. The van der Waals surface area contributed by atoms with Crippen LogP contribution in [0, 0.1) is 0 Å². The molecule has 0 fully saturated rings. The number of pyridine rings is 1. The Bertz CT molecular complexity index is 1200. The van der Waals surface area contributed by atoms with Gasteiger partial charge in [-0.15, -0.1) is 0 Å². The van der Waals surface area contributed by atoms with E-state index < -0.39 is 0 Å². The summed E-state index contributed by atoms with van der Waals surface area (Å²) in [5.41, 5.74) is 4.35.